The van der Waals surface area contributed by atoms with E-state index in [4.69, 9.17) is 21.4 Å². The molecule has 39 heavy (non-hydrogen) atoms. The second-order valence-electron chi connectivity index (χ2n) is 8.81. The van der Waals surface area contributed by atoms with Crippen molar-refractivity contribution in [3.63, 3.8) is 0 Å². The van der Waals surface area contributed by atoms with E-state index in [-0.39, 0.29) is 5.56 Å². The molecule has 194 valence electrons. The van der Waals surface area contributed by atoms with Gasteiger partial charge in [-0.15, -0.1) is 11.3 Å². The summed E-state index contributed by atoms with van der Waals surface area (Å²) in [5.74, 6) is -0.502. The average molecular weight is 573 g/mol. The van der Waals surface area contributed by atoms with E-state index in [1.807, 2.05) is 84.4 Å². The number of thiophene rings is 1. The zero-order valence-electron chi connectivity index (χ0n) is 20.9. The van der Waals surface area contributed by atoms with Crippen molar-refractivity contribution in [2.45, 2.75) is 13.0 Å². The fourth-order valence-electron chi connectivity index (χ4n) is 4.59. The van der Waals surface area contributed by atoms with Gasteiger partial charge >= 0.3 is 5.97 Å². The Bertz CT molecular complexity index is 1900. The summed E-state index contributed by atoms with van der Waals surface area (Å²) in [5.41, 5.74) is 3.90. The third kappa shape index (κ3) is 4.58. The molecule has 2 aromatic carbocycles. The molecule has 10 heteroatoms. The van der Waals surface area contributed by atoms with Gasteiger partial charge in [0.2, 0.25) is 0 Å². The van der Waals surface area contributed by atoms with E-state index in [0.29, 0.717) is 31.3 Å². The lowest BCUT2D eigenvalue weighted by molar-refractivity contribution is -0.136. The molecule has 0 saturated carbocycles. The number of carbonyl (C=O) groups excluding carboxylic acids is 1. The summed E-state index contributed by atoms with van der Waals surface area (Å²) in [4.78, 5) is 32.7. The third-order valence-corrected chi connectivity index (χ3v) is 8.57. The van der Waals surface area contributed by atoms with Gasteiger partial charge in [-0.3, -0.25) is 9.36 Å². The number of halogens is 1. The maximum absolute atomic E-state index is 13.9. The van der Waals surface area contributed by atoms with Crippen LogP contribution in [-0.2, 0) is 9.53 Å². The number of hydrogen-bond acceptors (Lipinski definition) is 7. The molecule has 0 amide bonds. The van der Waals surface area contributed by atoms with Crippen molar-refractivity contribution < 1.29 is 9.53 Å². The highest BCUT2D eigenvalue weighted by Gasteiger charge is 2.33. The molecule has 0 saturated heterocycles. The van der Waals surface area contributed by atoms with Crippen LogP contribution in [0.25, 0.3) is 23.0 Å². The van der Waals surface area contributed by atoms with Gasteiger partial charge in [0.05, 0.1) is 28.6 Å². The predicted molar refractivity (Wildman–Crippen MR) is 154 cm³/mol. The molecule has 0 radical (unpaired) electrons. The molecule has 1 aliphatic heterocycles. The van der Waals surface area contributed by atoms with Gasteiger partial charge in [0.25, 0.3) is 5.56 Å². The number of rotatable bonds is 5. The first-order valence-electron chi connectivity index (χ1n) is 12.0. The predicted octanol–water partition coefficient (Wildman–Crippen LogP) is 4.98. The van der Waals surface area contributed by atoms with Crippen LogP contribution in [0, 0.1) is 0 Å². The number of benzene rings is 2. The van der Waals surface area contributed by atoms with Crippen LogP contribution in [0.4, 0.5) is 0 Å². The van der Waals surface area contributed by atoms with Crippen molar-refractivity contribution >= 4 is 46.3 Å². The lowest BCUT2D eigenvalue weighted by Crippen LogP contribution is -2.39. The number of ether oxygens (including phenoxy) is 1. The van der Waals surface area contributed by atoms with Gasteiger partial charge in [0, 0.05) is 27.2 Å². The second-order valence-corrected chi connectivity index (χ2v) is 11.2. The molecule has 6 rings (SSSR count). The minimum Gasteiger partial charge on any atom is -0.466 e. The number of aromatic nitrogens is 3. The lowest BCUT2D eigenvalue weighted by Gasteiger charge is -2.22. The van der Waals surface area contributed by atoms with E-state index >= 15 is 0 Å². The second kappa shape index (κ2) is 10.3. The van der Waals surface area contributed by atoms with Gasteiger partial charge in [-0.1, -0.05) is 59.3 Å². The van der Waals surface area contributed by atoms with Gasteiger partial charge in [-0.05, 0) is 48.7 Å². The highest BCUT2D eigenvalue weighted by atomic mass is 35.5. The largest absolute Gasteiger partial charge is 0.466 e. The summed E-state index contributed by atoms with van der Waals surface area (Å²) < 4.78 is 8.94. The van der Waals surface area contributed by atoms with Gasteiger partial charge < -0.3 is 4.74 Å². The van der Waals surface area contributed by atoms with Crippen molar-refractivity contribution in [2.75, 3.05) is 7.11 Å². The summed E-state index contributed by atoms with van der Waals surface area (Å²) in [5, 5.41) is 7.40. The summed E-state index contributed by atoms with van der Waals surface area (Å²) >= 11 is 8.90. The molecule has 0 bridgehead atoms. The van der Waals surface area contributed by atoms with Crippen LogP contribution in [-0.4, -0.2) is 27.4 Å². The standard InChI is InChI=1S/C29H21ClN4O3S2/c1-17-24(28(36)37-2)26(22-9-6-14-38-22)34-27(35)23(39-29(34)31-17)15-19-16-33(21-7-4-3-5-8-21)32-25(19)18-10-12-20(30)13-11-18/h3-16,26H,1-2H3/t26-/m0/s1. The SMILES string of the molecule is COC(=O)C1=C(C)N=c2sc(=Cc3cn(-c4ccccc4)nc3-c3ccc(Cl)cc3)c(=O)n2[C@H]1c1cccs1. The zero-order chi connectivity index (χ0) is 27.1. The van der Waals surface area contributed by atoms with Crippen molar-refractivity contribution in [1.82, 2.24) is 14.3 Å². The lowest BCUT2D eigenvalue weighted by atomic mass is 10.0. The quantitative estimate of drug-likeness (QED) is 0.278. The van der Waals surface area contributed by atoms with E-state index in [0.717, 1.165) is 21.7 Å². The minimum absolute atomic E-state index is 0.236. The maximum atomic E-state index is 13.9. The van der Waals surface area contributed by atoms with Crippen molar-refractivity contribution in [1.29, 1.82) is 0 Å². The minimum atomic E-state index is -0.612. The number of hydrogen-bond donors (Lipinski definition) is 0. The van der Waals surface area contributed by atoms with E-state index < -0.39 is 12.0 Å². The Balaban J connectivity index is 1.56. The Morgan fingerprint density at radius 2 is 1.85 bits per heavy atom. The van der Waals surface area contributed by atoms with E-state index in [2.05, 4.69) is 4.99 Å². The fourth-order valence-corrected chi connectivity index (χ4v) is 6.57. The van der Waals surface area contributed by atoms with Crippen molar-refractivity contribution in [2.24, 2.45) is 4.99 Å². The number of fused-ring (bicyclic) bond motifs is 1. The number of nitrogens with zero attached hydrogens (tertiary/aromatic N) is 4. The molecule has 7 nitrogen and oxygen atoms in total. The average Bonchev–Trinajstić information content (AvgIpc) is 3.69. The number of allylic oxidation sites excluding steroid dienone is 1. The Morgan fingerprint density at radius 3 is 2.54 bits per heavy atom. The Morgan fingerprint density at radius 1 is 1.08 bits per heavy atom. The topological polar surface area (TPSA) is 78.5 Å². The number of thiazole rings is 1. The van der Waals surface area contributed by atoms with Crippen LogP contribution < -0.4 is 14.9 Å². The fraction of sp³-hybridized carbons (Fsp3) is 0.103. The van der Waals surface area contributed by atoms with Gasteiger partial charge in [0.1, 0.15) is 11.7 Å². The monoisotopic (exact) mass is 572 g/mol. The first kappa shape index (κ1) is 25.2. The van der Waals surface area contributed by atoms with Crippen molar-refractivity contribution in [3.05, 3.63) is 125 Å². The number of para-hydroxylation sites is 1. The molecular formula is C29H21ClN4O3S2. The molecule has 4 heterocycles. The Kier molecular flexibility index (Phi) is 6.64. The van der Waals surface area contributed by atoms with Crippen LogP contribution in [0.15, 0.2) is 99.4 Å². The van der Waals surface area contributed by atoms with Gasteiger partial charge in [-0.2, -0.15) is 5.10 Å². The highest BCUT2D eigenvalue weighted by Crippen LogP contribution is 2.33. The van der Waals surface area contributed by atoms with Crippen LogP contribution in [0.3, 0.4) is 0 Å². The first-order valence-corrected chi connectivity index (χ1v) is 14.1. The van der Waals surface area contributed by atoms with E-state index in [9.17, 15) is 9.59 Å². The van der Waals surface area contributed by atoms with Gasteiger partial charge in [0.15, 0.2) is 4.80 Å². The molecule has 1 atom stereocenters. The Hall–Kier alpha value is -4.05. The van der Waals surface area contributed by atoms with E-state index in [1.54, 1.807) is 16.2 Å². The molecule has 0 aliphatic carbocycles. The molecular weight excluding hydrogens is 552 g/mol. The molecule has 3 aromatic heterocycles. The number of methoxy groups -OCH3 is 1. The van der Waals surface area contributed by atoms with Crippen LogP contribution >= 0.6 is 34.3 Å². The van der Waals surface area contributed by atoms with Crippen LogP contribution in [0.5, 0.6) is 0 Å². The number of carbonyl (C=O) groups is 1. The van der Waals surface area contributed by atoms with Crippen LogP contribution in [0.1, 0.15) is 23.4 Å². The summed E-state index contributed by atoms with van der Waals surface area (Å²) in [6, 6.07) is 20.4. The van der Waals surface area contributed by atoms with Gasteiger partial charge in [-0.25, -0.2) is 14.5 Å². The molecule has 0 N–H and O–H groups in total. The first-order chi connectivity index (χ1) is 18.9. The molecule has 0 fully saturated rings. The Labute approximate surface area is 236 Å². The number of esters is 1. The highest BCUT2D eigenvalue weighted by molar-refractivity contribution is 7.10. The summed E-state index contributed by atoms with van der Waals surface area (Å²) in [7, 11) is 1.34. The van der Waals surface area contributed by atoms with E-state index in [1.165, 1.54) is 29.8 Å². The smallest absolute Gasteiger partial charge is 0.338 e. The normalized spacial score (nSPS) is 15.3. The molecule has 5 aromatic rings. The molecule has 1 aliphatic rings. The molecule has 0 spiro atoms. The van der Waals surface area contributed by atoms with Crippen LogP contribution in [0.2, 0.25) is 5.02 Å². The third-order valence-electron chi connectivity index (χ3n) is 6.41. The maximum Gasteiger partial charge on any atom is 0.338 e. The molecule has 0 unspecified atom stereocenters. The van der Waals surface area contributed by atoms with Crippen molar-refractivity contribution in [3.8, 4) is 16.9 Å². The summed E-state index contributed by atoms with van der Waals surface area (Å²) in [6.45, 7) is 1.77. The summed E-state index contributed by atoms with van der Waals surface area (Å²) in [6.07, 6.45) is 3.74. The zero-order valence-corrected chi connectivity index (χ0v) is 23.3.